The van der Waals surface area contributed by atoms with Gasteiger partial charge in [0.2, 0.25) is 0 Å². The average molecular weight is 407 g/mol. The number of carbonyl (C=O) groups is 1. The Bertz CT molecular complexity index is 857. The lowest BCUT2D eigenvalue weighted by atomic mass is 10.0. The third-order valence-electron chi connectivity index (χ3n) is 4.29. The minimum atomic E-state index is -3.18. The molecule has 0 heterocycles. The Balaban J connectivity index is 1.84. The Morgan fingerprint density at radius 2 is 1.64 bits per heavy atom. The van der Waals surface area contributed by atoms with Crippen molar-refractivity contribution >= 4 is 15.8 Å². The normalized spacial score (nSPS) is 12.5. The van der Waals surface area contributed by atoms with E-state index < -0.39 is 21.7 Å². The molecule has 0 aliphatic heterocycles. The van der Waals surface area contributed by atoms with Crippen molar-refractivity contribution < 1.29 is 27.8 Å². The van der Waals surface area contributed by atoms with E-state index >= 15 is 0 Å². The maximum atomic E-state index is 11.5. The van der Waals surface area contributed by atoms with Gasteiger partial charge in [-0.1, -0.05) is 24.3 Å². The molecule has 2 aromatic carbocycles. The van der Waals surface area contributed by atoms with Gasteiger partial charge in [0.25, 0.3) is 0 Å². The van der Waals surface area contributed by atoms with Gasteiger partial charge in [-0.25, -0.2) is 8.42 Å². The molecule has 1 atom stereocenters. The van der Waals surface area contributed by atoms with Crippen LogP contribution in [0.5, 0.6) is 5.75 Å². The van der Waals surface area contributed by atoms with Gasteiger partial charge >= 0.3 is 5.97 Å². The van der Waals surface area contributed by atoms with Crippen molar-refractivity contribution in [3.05, 3.63) is 59.7 Å². The molecule has 28 heavy (non-hydrogen) atoms. The van der Waals surface area contributed by atoms with Gasteiger partial charge in [0.15, 0.2) is 9.84 Å². The molecule has 152 valence electrons. The second-order valence-corrected chi connectivity index (χ2v) is 8.57. The molecular formula is C21H26O6S. The van der Waals surface area contributed by atoms with E-state index in [9.17, 15) is 18.3 Å². The zero-order chi connectivity index (χ0) is 20.6. The van der Waals surface area contributed by atoms with E-state index in [0.29, 0.717) is 36.7 Å². The summed E-state index contributed by atoms with van der Waals surface area (Å²) in [6, 6.07) is 14.1. The molecule has 6 nitrogen and oxygen atoms in total. The van der Waals surface area contributed by atoms with Gasteiger partial charge in [-0.2, -0.15) is 0 Å². The summed E-state index contributed by atoms with van der Waals surface area (Å²) in [5.41, 5.74) is 1.90. The predicted octanol–water partition coefficient (Wildman–Crippen LogP) is 2.99. The molecule has 0 aliphatic carbocycles. The quantitative estimate of drug-likeness (QED) is 0.617. The van der Waals surface area contributed by atoms with Gasteiger partial charge in [-0.05, 0) is 48.7 Å². The lowest BCUT2D eigenvalue weighted by molar-refractivity contribution is -0.143. The summed E-state index contributed by atoms with van der Waals surface area (Å²) < 4.78 is 33.9. The lowest BCUT2D eigenvalue weighted by Crippen LogP contribution is -2.22. The van der Waals surface area contributed by atoms with Crippen molar-refractivity contribution in [1.82, 2.24) is 0 Å². The summed E-state index contributed by atoms with van der Waals surface area (Å²) >= 11 is 0. The molecule has 0 fully saturated rings. The van der Waals surface area contributed by atoms with Crippen LogP contribution in [0.4, 0.5) is 0 Å². The third-order valence-corrected chi connectivity index (χ3v) is 5.42. The number of aliphatic carboxylic acids is 1. The fourth-order valence-electron chi connectivity index (χ4n) is 2.67. The van der Waals surface area contributed by atoms with Gasteiger partial charge in [0.05, 0.1) is 24.0 Å². The lowest BCUT2D eigenvalue weighted by Gasteiger charge is -2.13. The van der Waals surface area contributed by atoms with Gasteiger partial charge in [-0.3, -0.25) is 4.79 Å². The molecule has 1 N–H and O–H groups in total. The summed E-state index contributed by atoms with van der Waals surface area (Å²) in [6.07, 6.45) is 2.24. The molecule has 2 rings (SSSR count). The predicted molar refractivity (Wildman–Crippen MR) is 107 cm³/mol. The minimum Gasteiger partial charge on any atom is -0.493 e. The molecule has 0 radical (unpaired) electrons. The highest BCUT2D eigenvalue weighted by Crippen LogP contribution is 2.17. The van der Waals surface area contributed by atoms with Crippen molar-refractivity contribution in [1.29, 1.82) is 0 Å². The van der Waals surface area contributed by atoms with E-state index in [1.54, 1.807) is 24.3 Å². The number of benzene rings is 2. The van der Waals surface area contributed by atoms with Crippen LogP contribution in [-0.4, -0.2) is 45.6 Å². The Labute approximate surface area is 166 Å². The molecular weight excluding hydrogens is 380 g/mol. The molecule has 2 aromatic rings. The Hall–Kier alpha value is -2.38. The fraction of sp³-hybridized carbons (Fsp3) is 0.381. The van der Waals surface area contributed by atoms with Crippen molar-refractivity contribution in [2.24, 2.45) is 5.92 Å². The highest BCUT2D eigenvalue weighted by molar-refractivity contribution is 7.90. The largest absolute Gasteiger partial charge is 0.493 e. The molecule has 0 amide bonds. The molecule has 0 aliphatic rings. The van der Waals surface area contributed by atoms with Crippen LogP contribution < -0.4 is 4.74 Å². The zero-order valence-corrected chi connectivity index (χ0v) is 16.9. The topological polar surface area (TPSA) is 89.9 Å². The highest BCUT2D eigenvalue weighted by Gasteiger charge is 2.18. The van der Waals surface area contributed by atoms with Crippen molar-refractivity contribution in [3.8, 4) is 5.75 Å². The van der Waals surface area contributed by atoms with E-state index in [2.05, 4.69) is 0 Å². The van der Waals surface area contributed by atoms with E-state index in [1.807, 2.05) is 31.2 Å². The standard InChI is InChI=1S/C21H26O6S/c1-3-26-15-18(21(22)23)14-17-4-8-19(9-5-17)27-13-12-16-6-10-20(11-7-16)28(2,24)25/h4-11,18H,3,12-15H2,1-2H3,(H,22,23)/t18-/m1/s1. The first kappa shape index (κ1) is 21.9. The Kier molecular flexibility index (Phi) is 8.02. The fourth-order valence-corrected chi connectivity index (χ4v) is 3.30. The second-order valence-electron chi connectivity index (χ2n) is 6.56. The second kappa shape index (κ2) is 10.2. The van der Waals surface area contributed by atoms with Crippen LogP contribution in [0.3, 0.4) is 0 Å². The molecule has 0 unspecified atom stereocenters. The van der Waals surface area contributed by atoms with Gasteiger partial charge < -0.3 is 14.6 Å². The smallest absolute Gasteiger partial charge is 0.309 e. The number of rotatable bonds is 11. The van der Waals surface area contributed by atoms with Crippen LogP contribution in [-0.2, 0) is 32.2 Å². The van der Waals surface area contributed by atoms with E-state index in [0.717, 1.165) is 11.1 Å². The Morgan fingerprint density at radius 3 is 2.18 bits per heavy atom. The van der Waals surface area contributed by atoms with Crippen LogP contribution >= 0.6 is 0 Å². The van der Waals surface area contributed by atoms with E-state index in [4.69, 9.17) is 9.47 Å². The van der Waals surface area contributed by atoms with Crippen LogP contribution in [0.2, 0.25) is 0 Å². The van der Waals surface area contributed by atoms with Crippen LogP contribution in [0.15, 0.2) is 53.4 Å². The average Bonchev–Trinajstić information content (AvgIpc) is 2.66. The molecule has 0 spiro atoms. The van der Waals surface area contributed by atoms with Gasteiger partial charge in [0.1, 0.15) is 5.75 Å². The van der Waals surface area contributed by atoms with Gasteiger partial charge in [-0.15, -0.1) is 0 Å². The molecule has 0 aromatic heterocycles. The van der Waals surface area contributed by atoms with Crippen LogP contribution in [0.1, 0.15) is 18.1 Å². The summed E-state index contributed by atoms with van der Waals surface area (Å²) in [4.78, 5) is 11.6. The van der Waals surface area contributed by atoms with Crippen molar-refractivity contribution in [2.75, 3.05) is 26.1 Å². The third kappa shape index (κ3) is 6.98. The summed E-state index contributed by atoms with van der Waals surface area (Å²) in [5, 5.41) is 9.26. The number of sulfone groups is 1. The number of carboxylic acids is 1. The van der Waals surface area contributed by atoms with E-state index in [1.165, 1.54) is 6.26 Å². The number of hydrogen-bond acceptors (Lipinski definition) is 5. The zero-order valence-electron chi connectivity index (χ0n) is 16.1. The SMILES string of the molecule is CCOC[C@@H](Cc1ccc(OCCc2ccc(S(C)(=O)=O)cc2)cc1)C(=O)O. The summed E-state index contributed by atoms with van der Waals surface area (Å²) in [7, 11) is -3.18. The van der Waals surface area contributed by atoms with Gasteiger partial charge in [0, 0.05) is 19.3 Å². The first-order chi connectivity index (χ1) is 13.3. The maximum absolute atomic E-state index is 11.5. The molecule has 7 heteroatoms. The number of hydrogen-bond donors (Lipinski definition) is 1. The van der Waals surface area contributed by atoms with Crippen molar-refractivity contribution in [3.63, 3.8) is 0 Å². The van der Waals surface area contributed by atoms with Crippen LogP contribution in [0.25, 0.3) is 0 Å². The first-order valence-corrected chi connectivity index (χ1v) is 11.0. The minimum absolute atomic E-state index is 0.197. The van der Waals surface area contributed by atoms with Crippen molar-refractivity contribution in [2.45, 2.75) is 24.7 Å². The van der Waals surface area contributed by atoms with E-state index in [-0.39, 0.29) is 6.61 Å². The summed E-state index contributed by atoms with van der Waals surface area (Å²) in [5.74, 6) is -0.731. The molecule has 0 bridgehead atoms. The number of carboxylic acid groups (broad SMARTS) is 1. The first-order valence-electron chi connectivity index (χ1n) is 9.11. The molecule has 0 saturated heterocycles. The highest BCUT2D eigenvalue weighted by atomic mass is 32.2. The Morgan fingerprint density at radius 1 is 1.04 bits per heavy atom. The van der Waals surface area contributed by atoms with Crippen LogP contribution in [0, 0.1) is 5.92 Å². The monoisotopic (exact) mass is 406 g/mol. The summed E-state index contributed by atoms with van der Waals surface area (Å²) in [6.45, 7) is 2.99. The molecule has 0 saturated carbocycles. The number of ether oxygens (including phenoxy) is 2. The maximum Gasteiger partial charge on any atom is 0.309 e.